The van der Waals surface area contributed by atoms with Crippen molar-refractivity contribution >= 4 is 33.3 Å². The van der Waals surface area contributed by atoms with Gasteiger partial charge in [-0.1, -0.05) is 24.3 Å². The van der Waals surface area contributed by atoms with Gasteiger partial charge >= 0.3 is 0 Å². The van der Waals surface area contributed by atoms with Crippen molar-refractivity contribution < 1.29 is 4.79 Å². The van der Waals surface area contributed by atoms with Gasteiger partial charge in [-0.3, -0.25) is 9.78 Å². The lowest BCUT2D eigenvalue weighted by Gasteiger charge is -2.02. The molecule has 0 aliphatic heterocycles. The van der Waals surface area contributed by atoms with Crippen molar-refractivity contribution in [1.29, 1.82) is 0 Å². The van der Waals surface area contributed by atoms with Gasteiger partial charge in [-0.15, -0.1) is 11.3 Å². The zero-order chi connectivity index (χ0) is 17.2. The number of aromatic amines is 1. The van der Waals surface area contributed by atoms with Gasteiger partial charge in [0.1, 0.15) is 5.69 Å². The Balaban J connectivity index is 1.51. The van der Waals surface area contributed by atoms with Crippen LogP contribution in [0.3, 0.4) is 0 Å². The Kier molecular flexibility index (Phi) is 4.03. The second kappa shape index (κ2) is 6.49. The molecule has 0 aliphatic rings. The number of carbonyl (C=O) groups is 1. The molecule has 6 heteroatoms. The van der Waals surface area contributed by atoms with E-state index in [0.29, 0.717) is 11.6 Å². The Morgan fingerprint density at radius 3 is 2.84 bits per heavy atom. The number of aryl methyl sites for hydroxylation is 1. The number of amides is 1. The molecule has 0 saturated carbocycles. The molecule has 124 valence electrons. The zero-order valence-electron chi connectivity index (χ0n) is 13.6. The summed E-state index contributed by atoms with van der Waals surface area (Å²) in [4.78, 5) is 24.5. The number of hydrogen-bond acceptors (Lipinski definition) is 4. The molecule has 25 heavy (non-hydrogen) atoms. The van der Waals surface area contributed by atoms with Crippen LogP contribution in [-0.2, 0) is 11.2 Å². The number of pyridine rings is 1. The minimum Gasteiger partial charge on any atom is -0.358 e. The number of aromatic nitrogens is 3. The average molecular weight is 348 g/mol. The summed E-state index contributed by atoms with van der Waals surface area (Å²) in [6, 6.07) is 13.7. The van der Waals surface area contributed by atoms with E-state index in [0.717, 1.165) is 33.5 Å². The molecule has 0 fully saturated rings. The van der Waals surface area contributed by atoms with E-state index in [4.69, 9.17) is 0 Å². The van der Waals surface area contributed by atoms with Crippen LogP contribution < -0.4 is 5.32 Å². The summed E-state index contributed by atoms with van der Waals surface area (Å²) in [6.07, 6.45) is 2.04. The SMILES string of the molecule is Cc1[nH]c2ccccc2c1CC(=O)Nc1nc(-c2ccccn2)cs1. The van der Waals surface area contributed by atoms with Gasteiger partial charge in [0.2, 0.25) is 5.91 Å². The van der Waals surface area contributed by atoms with Crippen molar-refractivity contribution in [2.75, 3.05) is 5.32 Å². The van der Waals surface area contributed by atoms with E-state index >= 15 is 0 Å². The number of thiazole rings is 1. The second-order valence-electron chi connectivity index (χ2n) is 5.75. The Bertz CT molecular complexity index is 1040. The number of hydrogen-bond donors (Lipinski definition) is 2. The smallest absolute Gasteiger partial charge is 0.230 e. The van der Waals surface area contributed by atoms with Crippen LogP contribution in [0.25, 0.3) is 22.3 Å². The number of carbonyl (C=O) groups excluding carboxylic acids is 1. The van der Waals surface area contributed by atoms with Gasteiger partial charge in [0, 0.05) is 28.2 Å². The van der Waals surface area contributed by atoms with Crippen LogP contribution in [0, 0.1) is 6.92 Å². The lowest BCUT2D eigenvalue weighted by atomic mass is 10.1. The second-order valence-corrected chi connectivity index (χ2v) is 6.61. The summed E-state index contributed by atoms with van der Waals surface area (Å²) in [5, 5.41) is 6.46. The molecule has 1 amide bonds. The Hall–Kier alpha value is -2.99. The molecule has 4 aromatic rings. The quantitative estimate of drug-likeness (QED) is 0.581. The summed E-state index contributed by atoms with van der Waals surface area (Å²) in [5.41, 5.74) is 4.66. The number of nitrogens with zero attached hydrogens (tertiary/aromatic N) is 2. The lowest BCUT2D eigenvalue weighted by molar-refractivity contribution is -0.115. The van der Waals surface area contributed by atoms with Crippen LogP contribution in [0.4, 0.5) is 5.13 Å². The molecular weight excluding hydrogens is 332 g/mol. The first-order valence-corrected chi connectivity index (χ1v) is 8.81. The number of H-pyrrole nitrogens is 1. The third kappa shape index (κ3) is 3.16. The van der Waals surface area contributed by atoms with Gasteiger partial charge in [0.25, 0.3) is 0 Å². The molecule has 0 atom stereocenters. The van der Waals surface area contributed by atoms with Gasteiger partial charge in [0.05, 0.1) is 12.1 Å². The van der Waals surface area contributed by atoms with Crippen LogP contribution in [0.15, 0.2) is 54.0 Å². The molecule has 2 N–H and O–H groups in total. The normalized spacial score (nSPS) is 10.9. The highest BCUT2D eigenvalue weighted by Gasteiger charge is 2.14. The molecule has 0 bridgehead atoms. The fourth-order valence-electron chi connectivity index (χ4n) is 2.85. The first kappa shape index (κ1) is 15.5. The average Bonchev–Trinajstić information content (AvgIpc) is 3.21. The van der Waals surface area contributed by atoms with E-state index in [1.54, 1.807) is 6.20 Å². The van der Waals surface area contributed by atoms with Gasteiger partial charge in [-0.05, 0) is 30.7 Å². The molecule has 3 aromatic heterocycles. The number of rotatable bonds is 4. The summed E-state index contributed by atoms with van der Waals surface area (Å²) < 4.78 is 0. The predicted molar refractivity (Wildman–Crippen MR) is 101 cm³/mol. The maximum atomic E-state index is 12.4. The molecular formula is C19H16N4OS. The minimum absolute atomic E-state index is 0.0743. The third-order valence-electron chi connectivity index (χ3n) is 4.04. The highest BCUT2D eigenvalue weighted by Crippen LogP contribution is 2.25. The fraction of sp³-hybridized carbons (Fsp3) is 0.105. The van der Waals surface area contributed by atoms with E-state index < -0.39 is 0 Å². The van der Waals surface area contributed by atoms with Crippen molar-refractivity contribution in [2.24, 2.45) is 0 Å². The van der Waals surface area contributed by atoms with Crippen LogP contribution >= 0.6 is 11.3 Å². The van der Waals surface area contributed by atoms with Crippen molar-refractivity contribution in [3.63, 3.8) is 0 Å². The predicted octanol–water partition coefficient (Wildman–Crippen LogP) is 4.18. The molecule has 5 nitrogen and oxygen atoms in total. The van der Waals surface area contributed by atoms with E-state index in [1.807, 2.05) is 54.8 Å². The Morgan fingerprint density at radius 2 is 2.00 bits per heavy atom. The number of anilines is 1. The topological polar surface area (TPSA) is 70.7 Å². The van der Waals surface area contributed by atoms with E-state index in [1.165, 1.54) is 11.3 Å². The fourth-order valence-corrected chi connectivity index (χ4v) is 3.57. The zero-order valence-corrected chi connectivity index (χ0v) is 14.4. The Labute approximate surface area is 148 Å². The molecule has 0 spiro atoms. The van der Waals surface area contributed by atoms with E-state index in [-0.39, 0.29) is 5.91 Å². The van der Waals surface area contributed by atoms with Gasteiger partial charge in [0.15, 0.2) is 5.13 Å². The van der Waals surface area contributed by atoms with Crippen molar-refractivity contribution in [2.45, 2.75) is 13.3 Å². The van der Waals surface area contributed by atoms with Crippen molar-refractivity contribution in [3.05, 3.63) is 65.3 Å². The number of nitrogens with one attached hydrogen (secondary N) is 2. The number of benzene rings is 1. The monoisotopic (exact) mass is 348 g/mol. The Morgan fingerprint density at radius 1 is 1.16 bits per heavy atom. The largest absolute Gasteiger partial charge is 0.358 e. The number of fused-ring (bicyclic) bond motifs is 1. The van der Waals surface area contributed by atoms with Crippen LogP contribution in [-0.4, -0.2) is 20.9 Å². The highest BCUT2D eigenvalue weighted by molar-refractivity contribution is 7.14. The summed E-state index contributed by atoms with van der Waals surface area (Å²) >= 11 is 1.40. The molecule has 1 aromatic carbocycles. The first-order chi connectivity index (χ1) is 12.2. The summed E-state index contributed by atoms with van der Waals surface area (Å²) in [7, 11) is 0. The molecule has 4 rings (SSSR count). The van der Waals surface area contributed by atoms with Crippen LogP contribution in [0.1, 0.15) is 11.3 Å². The van der Waals surface area contributed by atoms with Crippen LogP contribution in [0.2, 0.25) is 0 Å². The molecule has 0 saturated heterocycles. The molecule has 3 heterocycles. The van der Waals surface area contributed by atoms with Gasteiger partial charge < -0.3 is 10.3 Å². The lowest BCUT2D eigenvalue weighted by Crippen LogP contribution is -2.14. The van der Waals surface area contributed by atoms with Crippen molar-refractivity contribution in [1.82, 2.24) is 15.0 Å². The first-order valence-electron chi connectivity index (χ1n) is 7.93. The third-order valence-corrected chi connectivity index (χ3v) is 4.80. The molecule has 0 radical (unpaired) electrons. The van der Waals surface area contributed by atoms with Crippen LogP contribution in [0.5, 0.6) is 0 Å². The molecule has 0 unspecified atom stereocenters. The van der Waals surface area contributed by atoms with Gasteiger partial charge in [-0.2, -0.15) is 0 Å². The van der Waals surface area contributed by atoms with E-state index in [9.17, 15) is 4.79 Å². The summed E-state index contributed by atoms with van der Waals surface area (Å²) in [5.74, 6) is -0.0743. The minimum atomic E-state index is -0.0743. The number of para-hydroxylation sites is 1. The van der Waals surface area contributed by atoms with Gasteiger partial charge in [-0.25, -0.2) is 4.98 Å². The van der Waals surface area contributed by atoms with E-state index in [2.05, 4.69) is 20.3 Å². The maximum absolute atomic E-state index is 12.4. The highest BCUT2D eigenvalue weighted by atomic mass is 32.1. The summed E-state index contributed by atoms with van der Waals surface area (Å²) in [6.45, 7) is 1.99. The maximum Gasteiger partial charge on any atom is 0.230 e. The molecule has 0 aliphatic carbocycles. The van der Waals surface area contributed by atoms with Crippen molar-refractivity contribution in [3.8, 4) is 11.4 Å². The standard InChI is InChI=1S/C19H16N4OS/c1-12-14(13-6-2-3-7-15(13)21-12)10-18(24)23-19-22-17(11-25-19)16-8-4-5-9-20-16/h2-9,11,21H,10H2,1H3,(H,22,23,24).